The summed E-state index contributed by atoms with van der Waals surface area (Å²) in [4.78, 5) is 16.0. The Balaban J connectivity index is 1.76. The molecule has 0 aliphatic carbocycles. The molecule has 0 saturated heterocycles. The van der Waals surface area contributed by atoms with Gasteiger partial charge in [0.25, 0.3) is 5.56 Å². The van der Waals surface area contributed by atoms with Crippen molar-refractivity contribution in [2.24, 2.45) is 0 Å². The third kappa shape index (κ3) is 3.37. The van der Waals surface area contributed by atoms with Gasteiger partial charge in [0.1, 0.15) is 12.7 Å². The second kappa shape index (κ2) is 6.58. The number of aliphatic hydroxyl groups is 1. The van der Waals surface area contributed by atoms with Crippen molar-refractivity contribution >= 4 is 11.0 Å². The predicted molar refractivity (Wildman–Crippen MR) is 83.9 cm³/mol. The van der Waals surface area contributed by atoms with Crippen molar-refractivity contribution in [2.75, 3.05) is 6.61 Å². The molecule has 118 valence electrons. The lowest BCUT2D eigenvalue weighted by Gasteiger charge is -2.15. The highest BCUT2D eigenvalue weighted by Crippen LogP contribution is 2.16. The van der Waals surface area contributed by atoms with Crippen LogP contribution in [0.4, 0.5) is 4.39 Å². The number of benzene rings is 2. The highest BCUT2D eigenvalue weighted by atomic mass is 19.1. The van der Waals surface area contributed by atoms with Gasteiger partial charge in [0.15, 0.2) is 11.6 Å². The maximum Gasteiger partial charge on any atom is 0.269 e. The third-order valence-electron chi connectivity index (χ3n) is 3.41. The van der Waals surface area contributed by atoms with E-state index in [0.29, 0.717) is 11.0 Å². The molecule has 1 unspecified atom stereocenters. The van der Waals surface area contributed by atoms with Gasteiger partial charge in [-0.2, -0.15) is 0 Å². The van der Waals surface area contributed by atoms with Crippen molar-refractivity contribution < 1.29 is 14.2 Å². The molecule has 1 heterocycles. The quantitative estimate of drug-likeness (QED) is 0.782. The largest absolute Gasteiger partial charge is 0.488 e. The van der Waals surface area contributed by atoms with Crippen LogP contribution in [0.15, 0.2) is 59.5 Å². The van der Waals surface area contributed by atoms with E-state index in [4.69, 9.17) is 4.74 Å². The van der Waals surface area contributed by atoms with Gasteiger partial charge in [-0.15, -0.1) is 0 Å². The van der Waals surface area contributed by atoms with Gasteiger partial charge < -0.3 is 14.4 Å². The first kappa shape index (κ1) is 15.2. The molecule has 1 atom stereocenters. The van der Waals surface area contributed by atoms with Crippen molar-refractivity contribution in [3.8, 4) is 5.75 Å². The molecule has 23 heavy (non-hydrogen) atoms. The van der Waals surface area contributed by atoms with Crippen LogP contribution in [0.25, 0.3) is 11.0 Å². The first-order valence-electron chi connectivity index (χ1n) is 7.15. The molecule has 5 nitrogen and oxygen atoms in total. The summed E-state index contributed by atoms with van der Waals surface area (Å²) in [7, 11) is 0. The molecular weight excluding hydrogens is 299 g/mol. The van der Waals surface area contributed by atoms with E-state index in [-0.39, 0.29) is 24.5 Å². The minimum absolute atomic E-state index is 0.0380. The van der Waals surface area contributed by atoms with E-state index in [1.807, 2.05) is 6.07 Å². The SMILES string of the molecule is O=c1cnc2ccccc2n1CC(O)COc1ccccc1F. The Morgan fingerprint density at radius 3 is 2.74 bits per heavy atom. The van der Waals surface area contributed by atoms with Crippen LogP contribution in [0.5, 0.6) is 5.75 Å². The fourth-order valence-electron chi connectivity index (χ4n) is 2.31. The van der Waals surface area contributed by atoms with Gasteiger partial charge in [-0.3, -0.25) is 4.79 Å². The van der Waals surface area contributed by atoms with Crippen LogP contribution in [0.1, 0.15) is 0 Å². The molecule has 3 aromatic rings. The first-order chi connectivity index (χ1) is 11.1. The van der Waals surface area contributed by atoms with Crippen molar-refractivity contribution in [3.05, 3.63) is 70.9 Å². The van der Waals surface area contributed by atoms with Gasteiger partial charge in [-0.1, -0.05) is 24.3 Å². The number of para-hydroxylation sites is 3. The molecule has 6 heteroatoms. The summed E-state index contributed by atoms with van der Waals surface area (Å²) in [6.07, 6.45) is 0.255. The summed E-state index contributed by atoms with van der Waals surface area (Å²) in [6, 6.07) is 13.1. The maximum atomic E-state index is 13.5. The molecule has 0 aliphatic heterocycles. The van der Waals surface area contributed by atoms with Crippen molar-refractivity contribution in [1.29, 1.82) is 0 Å². The Hall–Kier alpha value is -2.73. The van der Waals surface area contributed by atoms with Crippen LogP contribution in [-0.4, -0.2) is 27.4 Å². The van der Waals surface area contributed by atoms with E-state index in [1.165, 1.54) is 22.9 Å². The van der Waals surface area contributed by atoms with Crippen molar-refractivity contribution in [2.45, 2.75) is 12.6 Å². The van der Waals surface area contributed by atoms with Crippen LogP contribution < -0.4 is 10.3 Å². The number of halogens is 1. The van der Waals surface area contributed by atoms with E-state index in [9.17, 15) is 14.3 Å². The molecule has 1 N–H and O–H groups in total. The smallest absolute Gasteiger partial charge is 0.269 e. The minimum atomic E-state index is -0.960. The number of ether oxygens (including phenoxy) is 1. The zero-order valence-corrected chi connectivity index (χ0v) is 12.2. The second-order valence-corrected chi connectivity index (χ2v) is 5.09. The highest BCUT2D eigenvalue weighted by molar-refractivity contribution is 5.74. The number of rotatable bonds is 5. The number of aromatic nitrogens is 2. The van der Waals surface area contributed by atoms with E-state index in [2.05, 4.69) is 4.98 Å². The standard InChI is InChI=1S/C17H15FN2O3/c18-13-5-1-4-8-16(13)23-11-12(21)10-20-15-7-3-2-6-14(15)19-9-17(20)22/h1-9,12,21H,10-11H2. The van der Waals surface area contributed by atoms with Crippen LogP contribution in [-0.2, 0) is 6.54 Å². The molecule has 0 radical (unpaired) electrons. The molecule has 3 rings (SSSR count). The van der Waals surface area contributed by atoms with Crippen molar-refractivity contribution in [1.82, 2.24) is 9.55 Å². The monoisotopic (exact) mass is 314 g/mol. The van der Waals surface area contributed by atoms with E-state index < -0.39 is 11.9 Å². The predicted octanol–water partition coefficient (Wildman–Crippen LogP) is 1.98. The van der Waals surface area contributed by atoms with E-state index in [0.717, 1.165) is 0 Å². The number of hydrogen-bond acceptors (Lipinski definition) is 4. The topological polar surface area (TPSA) is 64.4 Å². The summed E-state index contributed by atoms with van der Waals surface area (Å²) in [5.74, 6) is -0.426. The van der Waals surface area contributed by atoms with Crippen LogP contribution in [0, 0.1) is 5.82 Å². The Kier molecular flexibility index (Phi) is 4.34. The van der Waals surface area contributed by atoms with Crippen molar-refractivity contribution in [3.63, 3.8) is 0 Å². The number of hydrogen-bond donors (Lipinski definition) is 1. The number of fused-ring (bicyclic) bond motifs is 1. The average Bonchev–Trinajstić information content (AvgIpc) is 2.57. The van der Waals surface area contributed by atoms with Gasteiger partial charge >= 0.3 is 0 Å². The third-order valence-corrected chi connectivity index (χ3v) is 3.41. The number of nitrogens with zero attached hydrogens (tertiary/aromatic N) is 2. The summed E-state index contributed by atoms with van der Waals surface area (Å²) in [6.45, 7) is -0.0830. The van der Waals surface area contributed by atoms with E-state index in [1.54, 1.807) is 30.3 Å². The van der Waals surface area contributed by atoms with Gasteiger partial charge in [-0.05, 0) is 24.3 Å². The lowest BCUT2D eigenvalue weighted by Crippen LogP contribution is -2.30. The van der Waals surface area contributed by atoms with Gasteiger partial charge in [0.05, 0.1) is 23.8 Å². The molecule has 0 bridgehead atoms. The molecule has 0 fully saturated rings. The lowest BCUT2D eigenvalue weighted by molar-refractivity contribution is 0.0907. The zero-order chi connectivity index (χ0) is 16.2. The second-order valence-electron chi connectivity index (χ2n) is 5.09. The molecule has 1 aromatic heterocycles. The first-order valence-corrected chi connectivity index (χ1v) is 7.15. The molecule has 0 amide bonds. The lowest BCUT2D eigenvalue weighted by atomic mass is 10.2. The highest BCUT2D eigenvalue weighted by Gasteiger charge is 2.12. The molecule has 0 spiro atoms. The minimum Gasteiger partial charge on any atom is -0.488 e. The summed E-state index contributed by atoms with van der Waals surface area (Å²) >= 11 is 0. The number of aliphatic hydroxyl groups excluding tert-OH is 1. The molecule has 0 saturated carbocycles. The normalized spacial score (nSPS) is 12.3. The Labute approximate surface area is 131 Å². The summed E-state index contributed by atoms with van der Waals surface area (Å²) < 4.78 is 20.2. The molecule has 0 aliphatic rings. The van der Waals surface area contributed by atoms with Gasteiger partial charge in [0, 0.05) is 0 Å². The summed E-state index contributed by atoms with van der Waals surface area (Å²) in [5.41, 5.74) is 0.980. The van der Waals surface area contributed by atoms with Crippen LogP contribution >= 0.6 is 0 Å². The Bertz CT molecular complexity index is 879. The fraction of sp³-hybridized carbons (Fsp3) is 0.176. The molecule has 2 aromatic carbocycles. The van der Waals surface area contributed by atoms with Gasteiger partial charge in [0.2, 0.25) is 0 Å². The summed E-state index contributed by atoms with van der Waals surface area (Å²) in [5, 5.41) is 10.1. The average molecular weight is 314 g/mol. The fourth-order valence-corrected chi connectivity index (χ4v) is 2.31. The Morgan fingerprint density at radius 2 is 1.91 bits per heavy atom. The van der Waals surface area contributed by atoms with Crippen LogP contribution in [0.3, 0.4) is 0 Å². The maximum absolute atomic E-state index is 13.5. The van der Waals surface area contributed by atoms with E-state index >= 15 is 0 Å². The molecular formula is C17H15FN2O3. The zero-order valence-electron chi connectivity index (χ0n) is 12.2. The van der Waals surface area contributed by atoms with Crippen LogP contribution in [0.2, 0.25) is 0 Å². The Morgan fingerprint density at radius 1 is 1.17 bits per heavy atom. The van der Waals surface area contributed by atoms with Gasteiger partial charge in [-0.25, -0.2) is 9.37 Å².